The fourth-order valence-corrected chi connectivity index (χ4v) is 3.61. The Hall–Kier alpha value is -3.09. The number of aryl methyl sites for hydroxylation is 2. The molecule has 1 atom stereocenters. The van der Waals surface area contributed by atoms with Gasteiger partial charge in [0.25, 0.3) is 0 Å². The lowest BCUT2D eigenvalue weighted by Crippen LogP contribution is -2.24. The number of ether oxygens (including phenoxy) is 1. The van der Waals surface area contributed by atoms with Gasteiger partial charge < -0.3 is 14.6 Å². The van der Waals surface area contributed by atoms with Gasteiger partial charge >= 0.3 is 0 Å². The van der Waals surface area contributed by atoms with E-state index in [2.05, 4.69) is 27.4 Å². The van der Waals surface area contributed by atoms with E-state index in [-0.39, 0.29) is 11.8 Å². The van der Waals surface area contributed by atoms with Crippen molar-refractivity contribution in [3.05, 3.63) is 59.8 Å². The molecule has 1 aliphatic heterocycles. The molecule has 7 heteroatoms. The minimum absolute atomic E-state index is 0.0171. The minimum atomic E-state index is -0.0488. The summed E-state index contributed by atoms with van der Waals surface area (Å²) in [6, 6.07) is 7.98. The molecule has 2 N–H and O–H groups in total. The second kappa shape index (κ2) is 7.65. The third-order valence-corrected chi connectivity index (χ3v) is 4.90. The molecule has 0 aliphatic carbocycles. The van der Waals surface area contributed by atoms with E-state index in [0.29, 0.717) is 18.8 Å². The first-order valence-corrected chi connectivity index (χ1v) is 9.30. The van der Waals surface area contributed by atoms with E-state index in [1.807, 2.05) is 35.0 Å². The van der Waals surface area contributed by atoms with Gasteiger partial charge in [-0.2, -0.15) is 5.10 Å². The van der Waals surface area contributed by atoms with Gasteiger partial charge in [-0.05, 0) is 18.9 Å². The molecule has 1 aromatic carbocycles. The Morgan fingerprint density at radius 1 is 1.33 bits per heavy atom. The number of H-pyrrole nitrogens is 1. The first-order valence-electron chi connectivity index (χ1n) is 9.30. The molecule has 1 aliphatic rings. The van der Waals surface area contributed by atoms with Crippen molar-refractivity contribution in [3.8, 4) is 5.75 Å². The number of fused-ring (bicyclic) bond motifs is 1. The van der Waals surface area contributed by atoms with E-state index in [9.17, 15) is 4.79 Å². The third kappa shape index (κ3) is 3.58. The summed E-state index contributed by atoms with van der Waals surface area (Å²) in [6.07, 6.45) is 7.64. The van der Waals surface area contributed by atoms with Crippen molar-refractivity contribution in [2.75, 3.05) is 11.9 Å². The number of carbonyl (C=O) groups excluding carboxylic acids is 1. The first kappa shape index (κ1) is 17.3. The van der Waals surface area contributed by atoms with Gasteiger partial charge in [0.15, 0.2) is 5.82 Å². The van der Waals surface area contributed by atoms with Gasteiger partial charge in [0, 0.05) is 48.1 Å². The molecule has 0 saturated carbocycles. The first-order chi connectivity index (χ1) is 13.3. The molecule has 7 nitrogen and oxygen atoms in total. The number of hydrogen-bond acceptors (Lipinski definition) is 4. The van der Waals surface area contributed by atoms with E-state index in [4.69, 9.17) is 4.74 Å². The van der Waals surface area contributed by atoms with Crippen molar-refractivity contribution in [2.24, 2.45) is 0 Å². The van der Waals surface area contributed by atoms with Gasteiger partial charge in [-0.25, -0.2) is 4.98 Å². The zero-order chi connectivity index (χ0) is 18.6. The Balaban J connectivity index is 1.54. The van der Waals surface area contributed by atoms with Crippen LogP contribution in [-0.2, 0) is 17.8 Å². The predicted molar refractivity (Wildman–Crippen MR) is 102 cm³/mol. The number of imidazole rings is 1. The van der Waals surface area contributed by atoms with Crippen LogP contribution in [0.5, 0.6) is 5.75 Å². The minimum Gasteiger partial charge on any atom is -0.493 e. The van der Waals surface area contributed by atoms with Crippen LogP contribution in [0, 0.1) is 0 Å². The average Bonchev–Trinajstić information content (AvgIpc) is 3.34. The van der Waals surface area contributed by atoms with Gasteiger partial charge in [-0.1, -0.05) is 25.1 Å². The Kier molecular flexibility index (Phi) is 4.91. The van der Waals surface area contributed by atoms with Crippen LogP contribution in [0.15, 0.2) is 43.0 Å². The molecule has 0 radical (unpaired) electrons. The molecular weight excluding hydrogens is 342 g/mol. The monoisotopic (exact) mass is 365 g/mol. The SMILES string of the molecule is CCc1[nH]nc2c1[C@@H](c1ccccc1OCCCn1ccnc1)CC(=O)N2. The summed E-state index contributed by atoms with van der Waals surface area (Å²) in [5, 5.41) is 10.2. The van der Waals surface area contributed by atoms with Gasteiger partial charge in [0.1, 0.15) is 5.75 Å². The van der Waals surface area contributed by atoms with Gasteiger partial charge in [0.2, 0.25) is 5.91 Å². The highest BCUT2D eigenvalue weighted by atomic mass is 16.5. The maximum absolute atomic E-state index is 12.2. The van der Waals surface area contributed by atoms with Gasteiger partial charge in [0.05, 0.1) is 12.9 Å². The number of nitrogens with zero attached hydrogens (tertiary/aromatic N) is 3. The molecule has 0 spiro atoms. The van der Waals surface area contributed by atoms with Crippen molar-refractivity contribution in [1.29, 1.82) is 0 Å². The number of aromatic amines is 1. The maximum Gasteiger partial charge on any atom is 0.226 e. The number of amides is 1. The normalized spacial score (nSPS) is 16.0. The highest BCUT2D eigenvalue weighted by molar-refractivity contribution is 5.94. The molecule has 27 heavy (non-hydrogen) atoms. The summed E-state index contributed by atoms with van der Waals surface area (Å²) < 4.78 is 8.13. The van der Waals surface area contributed by atoms with Crippen LogP contribution in [0.2, 0.25) is 0 Å². The molecule has 140 valence electrons. The van der Waals surface area contributed by atoms with Crippen molar-refractivity contribution in [1.82, 2.24) is 19.7 Å². The summed E-state index contributed by atoms with van der Waals surface area (Å²) in [6.45, 7) is 3.55. The highest BCUT2D eigenvalue weighted by Crippen LogP contribution is 2.41. The van der Waals surface area contributed by atoms with Crippen LogP contribution in [0.3, 0.4) is 0 Å². The largest absolute Gasteiger partial charge is 0.493 e. The lowest BCUT2D eigenvalue weighted by atomic mass is 9.84. The van der Waals surface area contributed by atoms with Crippen LogP contribution >= 0.6 is 0 Å². The van der Waals surface area contributed by atoms with E-state index in [1.165, 1.54) is 0 Å². The predicted octanol–water partition coefficient (Wildman–Crippen LogP) is 3.11. The number of anilines is 1. The van der Waals surface area contributed by atoms with Crippen molar-refractivity contribution < 1.29 is 9.53 Å². The van der Waals surface area contributed by atoms with Crippen LogP contribution in [-0.4, -0.2) is 32.3 Å². The molecule has 3 heterocycles. The van der Waals surface area contributed by atoms with Crippen LogP contribution in [0.4, 0.5) is 5.82 Å². The molecule has 3 aromatic rings. The quantitative estimate of drug-likeness (QED) is 0.630. The molecule has 4 rings (SSSR count). The van der Waals surface area contributed by atoms with Crippen LogP contribution in [0.1, 0.15) is 42.5 Å². The van der Waals surface area contributed by atoms with E-state index in [1.54, 1.807) is 12.5 Å². The molecular formula is C20H23N5O2. The molecule has 0 bridgehead atoms. The second-order valence-electron chi connectivity index (χ2n) is 6.66. The Morgan fingerprint density at radius 3 is 3.04 bits per heavy atom. The maximum atomic E-state index is 12.2. The number of benzene rings is 1. The fraction of sp³-hybridized carbons (Fsp3) is 0.350. The standard InChI is InChI=1S/C20H23N5O2/c1-2-16-19-15(12-18(26)22-20(19)24-23-16)14-6-3-4-7-17(14)27-11-5-9-25-10-8-21-13-25/h3-4,6-8,10,13,15H,2,5,9,11-12H2,1H3,(H2,22,23,24,26)/t15-/m1/s1. The molecule has 0 saturated heterocycles. The van der Waals surface area contributed by atoms with Crippen molar-refractivity contribution in [3.63, 3.8) is 0 Å². The summed E-state index contributed by atoms with van der Waals surface area (Å²) >= 11 is 0. The molecule has 1 amide bonds. The number of para-hydroxylation sites is 1. The van der Waals surface area contributed by atoms with Crippen LogP contribution < -0.4 is 10.1 Å². The lowest BCUT2D eigenvalue weighted by Gasteiger charge is -2.25. The van der Waals surface area contributed by atoms with Gasteiger partial charge in [-0.3, -0.25) is 9.89 Å². The van der Waals surface area contributed by atoms with Crippen molar-refractivity contribution in [2.45, 2.75) is 38.6 Å². The molecule has 0 unspecified atom stereocenters. The second-order valence-corrected chi connectivity index (χ2v) is 6.66. The average molecular weight is 365 g/mol. The zero-order valence-corrected chi connectivity index (χ0v) is 15.3. The van der Waals surface area contributed by atoms with E-state index < -0.39 is 0 Å². The summed E-state index contributed by atoms with van der Waals surface area (Å²) in [7, 11) is 0. The Labute approximate surface area is 157 Å². The van der Waals surface area contributed by atoms with Crippen molar-refractivity contribution >= 4 is 11.7 Å². The van der Waals surface area contributed by atoms with Crippen LogP contribution in [0.25, 0.3) is 0 Å². The number of hydrogen-bond donors (Lipinski definition) is 2. The van der Waals surface area contributed by atoms with E-state index in [0.717, 1.165) is 42.0 Å². The smallest absolute Gasteiger partial charge is 0.226 e. The third-order valence-electron chi connectivity index (χ3n) is 4.90. The number of nitrogens with one attached hydrogen (secondary N) is 2. The molecule has 0 fully saturated rings. The summed E-state index contributed by atoms with van der Waals surface area (Å²) in [4.78, 5) is 16.2. The lowest BCUT2D eigenvalue weighted by molar-refractivity contribution is -0.116. The summed E-state index contributed by atoms with van der Waals surface area (Å²) in [5.74, 6) is 1.41. The van der Waals surface area contributed by atoms with E-state index >= 15 is 0 Å². The number of aromatic nitrogens is 4. The summed E-state index contributed by atoms with van der Waals surface area (Å²) in [5.41, 5.74) is 3.17. The Bertz CT molecular complexity index is 916. The zero-order valence-electron chi connectivity index (χ0n) is 15.3. The highest BCUT2D eigenvalue weighted by Gasteiger charge is 2.32. The number of carbonyl (C=O) groups is 1. The Morgan fingerprint density at radius 2 is 2.22 bits per heavy atom. The number of rotatable bonds is 7. The van der Waals surface area contributed by atoms with Gasteiger partial charge in [-0.15, -0.1) is 0 Å². The molecule has 2 aromatic heterocycles. The fourth-order valence-electron chi connectivity index (χ4n) is 3.61. The topological polar surface area (TPSA) is 84.8 Å².